The Morgan fingerprint density at radius 2 is 2.21 bits per heavy atom. The van der Waals surface area contributed by atoms with Gasteiger partial charge < -0.3 is 15.8 Å². The Morgan fingerprint density at radius 3 is 2.89 bits per heavy atom. The number of H-pyrrole nitrogens is 1. The van der Waals surface area contributed by atoms with Crippen molar-refractivity contribution in [2.75, 3.05) is 5.73 Å². The molecule has 0 saturated carbocycles. The van der Waals surface area contributed by atoms with Crippen molar-refractivity contribution in [3.05, 3.63) is 33.3 Å². The Morgan fingerprint density at radius 1 is 1.47 bits per heavy atom. The van der Waals surface area contributed by atoms with Gasteiger partial charge in [-0.15, -0.1) is 5.10 Å². The molecule has 0 fully saturated rings. The minimum absolute atomic E-state index is 0.119. The zero-order valence-electron chi connectivity index (χ0n) is 9.22. The van der Waals surface area contributed by atoms with E-state index in [2.05, 4.69) is 15.1 Å². The highest BCUT2D eigenvalue weighted by Crippen LogP contribution is 2.23. The largest absolute Gasteiger partial charge is 0.475 e. The summed E-state index contributed by atoms with van der Waals surface area (Å²) in [6.07, 6.45) is 0. The van der Waals surface area contributed by atoms with Crippen molar-refractivity contribution >= 4 is 39.9 Å². The lowest BCUT2D eigenvalue weighted by molar-refractivity contribution is 0.0684. The first-order valence-electron chi connectivity index (χ1n) is 5.08. The second-order valence-corrected chi connectivity index (χ2v) is 4.23. The van der Waals surface area contributed by atoms with Crippen LogP contribution in [0.15, 0.2) is 16.9 Å². The summed E-state index contributed by atoms with van der Waals surface area (Å²) < 4.78 is 1.13. The predicted octanol–water partition coefficient (Wildman–Crippen LogP) is 0.505. The average molecular weight is 280 g/mol. The number of aromatic amines is 1. The van der Waals surface area contributed by atoms with Crippen LogP contribution in [-0.2, 0) is 0 Å². The smallest absolute Gasteiger partial charge is 0.375 e. The highest BCUT2D eigenvalue weighted by molar-refractivity contribution is 6.33. The van der Waals surface area contributed by atoms with Gasteiger partial charge in [-0.05, 0) is 12.1 Å². The van der Waals surface area contributed by atoms with Crippen molar-refractivity contribution < 1.29 is 9.90 Å². The van der Waals surface area contributed by atoms with E-state index in [0.717, 1.165) is 4.52 Å². The van der Waals surface area contributed by atoms with Gasteiger partial charge in [0, 0.05) is 0 Å². The molecule has 0 atom stereocenters. The molecule has 96 valence electrons. The van der Waals surface area contributed by atoms with Crippen molar-refractivity contribution in [3.63, 3.8) is 0 Å². The number of carboxylic acids is 1. The number of nitrogens with one attached hydrogen (secondary N) is 1. The third-order valence-electron chi connectivity index (χ3n) is 2.59. The van der Waals surface area contributed by atoms with Gasteiger partial charge in [-0.3, -0.25) is 4.79 Å². The van der Waals surface area contributed by atoms with Gasteiger partial charge in [-0.25, -0.2) is 9.31 Å². The van der Waals surface area contributed by atoms with Gasteiger partial charge in [0.25, 0.3) is 11.4 Å². The summed E-state index contributed by atoms with van der Waals surface area (Å²) in [5.74, 6) is -1.79. The van der Waals surface area contributed by atoms with E-state index in [9.17, 15) is 9.59 Å². The van der Waals surface area contributed by atoms with Gasteiger partial charge in [0.2, 0.25) is 5.65 Å². The lowest BCUT2D eigenvalue weighted by Gasteiger charge is -2.03. The molecule has 0 radical (unpaired) electrons. The molecule has 0 saturated heterocycles. The summed E-state index contributed by atoms with van der Waals surface area (Å²) in [6.45, 7) is 0. The Kier molecular flexibility index (Phi) is 2.23. The number of aromatic carboxylic acids is 1. The van der Waals surface area contributed by atoms with Crippen molar-refractivity contribution in [2.24, 2.45) is 0 Å². The number of nitrogen functional groups attached to an aromatic ring is 1. The van der Waals surface area contributed by atoms with E-state index < -0.39 is 17.4 Å². The maximum Gasteiger partial charge on any atom is 0.375 e. The highest BCUT2D eigenvalue weighted by Gasteiger charge is 2.16. The normalized spacial score (nSPS) is 11.2. The van der Waals surface area contributed by atoms with E-state index in [1.54, 1.807) is 0 Å². The molecule has 0 unspecified atom stereocenters. The molecule has 0 aliphatic rings. The number of hydrogen-bond donors (Lipinski definition) is 3. The SMILES string of the molecule is Nc1cc2c(cc1Cl)[nH]c(=O)c1nc(C(=O)O)nn12. The first kappa shape index (κ1) is 11.5. The molecule has 0 bridgehead atoms. The number of hydrogen-bond acceptors (Lipinski definition) is 5. The zero-order valence-corrected chi connectivity index (χ0v) is 9.97. The van der Waals surface area contributed by atoms with Crippen LogP contribution >= 0.6 is 11.6 Å². The fourth-order valence-electron chi connectivity index (χ4n) is 1.75. The Balaban J connectivity index is 2.54. The van der Waals surface area contributed by atoms with Gasteiger partial charge >= 0.3 is 5.97 Å². The molecule has 2 aromatic heterocycles. The maximum absolute atomic E-state index is 11.8. The molecule has 0 aliphatic heterocycles. The number of carbonyl (C=O) groups is 1. The number of benzene rings is 1. The molecule has 9 heteroatoms. The van der Waals surface area contributed by atoms with Gasteiger partial charge in [0.05, 0.1) is 21.7 Å². The second-order valence-electron chi connectivity index (χ2n) is 3.82. The molecule has 0 aliphatic carbocycles. The monoisotopic (exact) mass is 279 g/mol. The molecule has 0 amide bonds. The third-order valence-corrected chi connectivity index (χ3v) is 2.92. The topological polar surface area (TPSA) is 126 Å². The second kappa shape index (κ2) is 3.69. The molecule has 3 rings (SSSR count). The van der Waals surface area contributed by atoms with Crippen LogP contribution in [0.5, 0.6) is 0 Å². The molecule has 0 spiro atoms. The van der Waals surface area contributed by atoms with Crippen LogP contribution in [0.4, 0.5) is 5.69 Å². The summed E-state index contributed by atoms with van der Waals surface area (Å²) in [5.41, 5.74) is 6.09. The Labute approximate surface area is 109 Å². The average Bonchev–Trinajstić information content (AvgIpc) is 2.78. The summed E-state index contributed by atoms with van der Waals surface area (Å²) in [5, 5.41) is 12.9. The van der Waals surface area contributed by atoms with Crippen LogP contribution < -0.4 is 11.3 Å². The van der Waals surface area contributed by atoms with Crippen molar-refractivity contribution in [2.45, 2.75) is 0 Å². The summed E-state index contributed by atoms with van der Waals surface area (Å²) >= 11 is 5.86. The first-order valence-corrected chi connectivity index (χ1v) is 5.46. The van der Waals surface area contributed by atoms with Crippen LogP contribution in [-0.4, -0.2) is 30.7 Å². The van der Waals surface area contributed by atoms with Crippen LogP contribution in [0.1, 0.15) is 10.6 Å². The van der Waals surface area contributed by atoms with Crippen molar-refractivity contribution in [1.82, 2.24) is 19.6 Å². The Bertz CT molecular complexity index is 897. The number of aromatic nitrogens is 4. The standard InChI is InChI=1S/C10H6ClN5O3/c11-3-1-5-6(2-4(3)12)16-8(9(17)13-5)14-7(15-16)10(18)19/h1-2H,12H2,(H,13,17)(H,18,19). The van der Waals surface area contributed by atoms with E-state index in [1.165, 1.54) is 12.1 Å². The van der Waals surface area contributed by atoms with Gasteiger partial charge in [0.15, 0.2) is 0 Å². The minimum atomic E-state index is -1.32. The van der Waals surface area contributed by atoms with Crippen LogP contribution in [0, 0.1) is 0 Å². The van der Waals surface area contributed by atoms with Crippen LogP contribution in [0.2, 0.25) is 5.02 Å². The zero-order chi connectivity index (χ0) is 13.7. The minimum Gasteiger partial charge on any atom is -0.475 e. The van der Waals surface area contributed by atoms with E-state index in [1.807, 2.05) is 0 Å². The summed E-state index contributed by atoms with van der Waals surface area (Å²) in [4.78, 5) is 28.8. The fourth-order valence-corrected chi connectivity index (χ4v) is 1.91. The van der Waals surface area contributed by atoms with Gasteiger partial charge in [-0.2, -0.15) is 4.98 Å². The van der Waals surface area contributed by atoms with Gasteiger partial charge in [-0.1, -0.05) is 11.6 Å². The molecular formula is C10H6ClN5O3. The van der Waals surface area contributed by atoms with E-state index >= 15 is 0 Å². The number of anilines is 1. The third kappa shape index (κ3) is 1.61. The quantitative estimate of drug-likeness (QED) is 0.557. The van der Waals surface area contributed by atoms with E-state index in [4.69, 9.17) is 22.4 Å². The van der Waals surface area contributed by atoms with E-state index in [0.29, 0.717) is 11.0 Å². The molecule has 2 heterocycles. The lowest BCUT2D eigenvalue weighted by Crippen LogP contribution is -2.11. The predicted molar refractivity (Wildman–Crippen MR) is 67.5 cm³/mol. The van der Waals surface area contributed by atoms with Crippen LogP contribution in [0.25, 0.3) is 16.7 Å². The molecule has 19 heavy (non-hydrogen) atoms. The number of nitrogens with zero attached hydrogens (tertiary/aromatic N) is 3. The summed E-state index contributed by atoms with van der Waals surface area (Å²) in [7, 11) is 0. The van der Waals surface area contributed by atoms with E-state index in [-0.39, 0.29) is 16.4 Å². The summed E-state index contributed by atoms with van der Waals surface area (Å²) in [6, 6.07) is 2.95. The molecule has 3 aromatic rings. The number of rotatable bonds is 1. The molecule has 1 aromatic carbocycles. The van der Waals surface area contributed by atoms with Crippen LogP contribution in [0.3, 0.4) is 0 Å². The number of nitrogens with two attached hydrogens (primary N) is 1. The molecular weight excluding hydrogens is 274 g/mol. The number of halogens is 1. The number of carboxylic acid groups (broad SMARTS) is 1. The molecule has 8 nitrogen and oxygen atoms in total. The van der Waals surface area contributed by atoms with Gasteiger partial charge in [0.1, 0.15) is 0 Å². The molecule has 4 N–H and O–H groups in total. The first-order chi connectivity index (χ1) is 8.97. The lowest BCUT2D eigenvalue weighted by atomic mass is 10.2. The highest BCUT2D eigenvalue weighted by atomic mass is 35.5. The fraction of sp³-hybridized carbons (Fsp3) is 0. The van der Waals surface area contributed by atoms with Crippen molar-refractivity contribution in [3.8, 4) is 0 Å². The maximum atomic E-state index is 11.8. The van der Waals surface area contributed by atoms with Crippen molar-refractivity contribution in [1.29, 1.82) is 0 Å². The Hall–Kier alpha value is -2.61. The number of fused-ring (bicyclic) bond motifs is 3.